The third-order valence-electron chi connectivity index (χ3n) is 3.77. The van der Waals surface area contributed by atoms with Crippen molar-refractivity contribution in [3.63, 3.8) is 0 Å². The van der Waals surface area contributed by atoms with E-state index in [0.717, 1.165) is 4.68 Å². The van der Waals surface area contributed by atoms with Gasteiger partial charge in [0.05, 0.1) is 0 Å². The smallest absolute Gasteiger partial charge is 0.436 e. The molecule has 0 bridgehead atoms. The normalized spacial score (nSPS) is 14.0. The molecule has 1 heterocycles. The average Bonchev–Trinajstić information content (AvgIpc) is 3.22. The van der Waals surface area contributed by atoms with Crippen molar-refractivity contribution in [1.29, 1.82) is 0 Å². The number of aromatic nitrogens is 2. The molecule has 0 aliphatic heterocycles. The van der Waals surface area contributed by atoms with Gasteiger partial charge in [-0.25, -0.2) is 4.68 Å². The summed E-state index contributed by atoms with van der Waals surface area (Å²) >= 11 is 0. The van der Waals surface area contributed by atoms with Crippen LogP contribution >= 0.6 is 0 Å². The molecule has 0 fully saturated rings. The number of amides is 1. The van der Waals surface area contributed by atoms with E-state index in [2.05, 4.69) is 10.4 Å². The van der Waals surface area contributed by atoms with Crippen molar-refractivity contribution in [2.24, 2.45) is 13.0 Å². The number of nitrogens with zero attached hydrogens (tertiary/aromatic N) is 2. The van der Waals surface area contributed by atoms with Crippen LogP contribution in [0.15, 0.2) is 54.6 Å². The molecular formula is C18H16F3N3O2. The molecule has 1 aromatic heterocycles. The van der Waals surface area contributed by atoms with Gasteiger partial charge in [-0.15, -0.1) is 0 Å². The first kappa shape index (κ1) is 17.8. The average molecular weight is 363 g/mol. The highest BCUT2D eigenvalue weighted by Gasteiger charge is 2.42. The van der Waals surface area contributed by atoms with E-state index in [1.165, 1.54) is 7.05 Å². The number of hydrogen-bond acceptors (Lipinski definition) is 3. The predicted octanol–water partition coefficient (Wildman–Crippen LogP) is 3.70. The van der Waals surface area contributed by atoms with Crippen molar-refractivity contribution in [2.75, 3.05) is 6.54 Å². The summed E-state index contributed by atoms with van der Waals surface area (Å²) in [4.78, 5) is 12.5. The van der Waals surface area contributed by atoms with E-state index in [-0.39, 0.29) is 18.3 Å². The summed E-state index contributed by atoms with van der Waals surface area (Å²) in [7, 11) is 1.30. The zero-order valence-electron chi connectivity index (χ0n) is 13.8. The van der Waals surface area contributed by atoms with E-state index < -0.39 is 23.3 Å². The molecule has 0 atom stereocenters. The maximum atomic E-state index is 13.3. The number of carbonyl (C=O) groups is 1. The highest BCUT2D eigenvalue weighted by atomic mass is 19.4. The minimum absolute atomic E-state index is 0.0524. The SMILES string of the molecule is Cn1nc(C(F)(F)F)c(C(=O)NCC2C=CC=C2)c1Oc1ccccc1. The van der Waals surface area contributed by atoms with Crippen LogP contribution in [0.2, 0.25) is 0 Å². The molecule has 1 N–H and O–H groups in total. The molecule has 136 valence electrons. The van der Waals surface area contributed by atoms with Gasteiger partial charge in [0.15, 0.2) is 5.69 Å². The lowest BCUT2D eigenvalue weighted by Gasteiger charge is -2.12. The molecule has 8 heteroatoms. The van der Waals surface area contributed by atoms with Crippen LogP contribution in [0.1, 0.15) is 16.1 Å². The fourth-order valence-corrected chi connectivity index (χ4v) is 2.54. The van der Waals surface area contributed by atoms with Crippen LogP contribution in [0, 0.1) is 5.92 Å². The number of rotatable bonds is 5. The second-order valence-corrected chi connectivity index (χ2v) is 5.71. The Hall–Kier alpha value is -3.03. The quantitative estimate of drug-likeness (QED) is 0.881. The number of alkyl halides is 3. The van der Waals surface area contributed by atoms with Crippen LogP contribution < -0.4 is 10.1 Å². The van der Waals surface area contributed by atoms with Crippen LogP contribution in [-0.4, -0.2) is 22.2 Å². The van der Waals surface area contributed by atoms with Crippen LogP contribution in [0.4, 0.5) is 13.2 Å². The molecule has 0 unspecified atom stereocenters. The number of nitrogens with one attached hydrogen (secondary N) is 1. The topological polar surface area (TPSA) is 56.2 Å². The maximum Gasteiger partial charge on any atom is 0.436 e. The Kier molecular flexibility index (Phi) is 4.83. The van der Waals surface area contributed by atoms with Crippen LogP contribution in [0.25, 0.3) is 0 Å². The lowest BCUT2D eigenvalue weighted by molar-refractivity contribution is -0.141. The molecule has 2 aromatic rings. The summed E-state index contributed by atoms with van der Waals surface area (Å²) in [5, 5.41) is 5.97. The molecule has 1 amide bonds. The molecule has 3 rings (SSSR count). The lowest BCUT2D eigenvalue weighted by Crippen LogP contribution is -2.29. The van der Waals surface area contributed by atoms with Crippen molar-refractivity contribution in [3.05, 3.63) is 65.9 Å². The summed E-state index contributed by atoms with van der Waals surface area (Å²) in [6, 6.07) is 8.25. The van der Waals surface area contributed by atoms with Crippen LogP contribution in [0.3, 0.4) is 0 Å². The van der Waals surface area contributed by atoms with Gasteiger partial charge < -0.3 is 10.1 Å². The molecule has 0 spiro atoms. The number of para-hydroxylation sites is 1. The van der Waals surface area contributed by atoms with Gasteiger partial charge in [0.1, 0.15) is 11.3 Å². The highest BCUT2D eigenvalue weighted by molar-refractivity contribution is 5.98. The number of hydrogen-bond donors (Lipinski definition) is 1. The highest BCUT2D eigenvalue weighted by Crippen LogP contribution is 2.37. The van der Waals surface area contributed by atoms with Gasteiger partial charge in [-0.1, -0.05) is 42.5 Å². The lowest BCUT2D eigenvalue weighted by atomic mass is 10.1. The number of allylic oxidation sites excluding steroid dienone is 2. The first-order valence-electron chi connectivity index (χ1n) is 7.86. The number of carbonyl (C=O) groups excluding carboxylic acids is 1. The molecule has 5 nitrogen and oxygen atoms in total. The Morgan fingerprint density at radius 2 is 1.88 bits per heavy atom. The van der Waals surface area contributed by atoms with E-state index in [9.17, 15) is 18.0 Å². The number of ether oxygens (including phenoxy) is 1. The largest absolute Gasteiger partial charge is 0.438 e. The summed E-state index contributed by atoms with van der Waals surface area (Å²) in [5.41, 5.74) is -1.91. The summed E-state index contributed by atoms with van der Waals surface area (Å²) in [5.74, 6) is -0.896. The van der Waals surface area contributed by atoms with Crippen molar-refractivity contribution >= 4 is 5.91 Å². The van der Waals surface area contributed by atoms with E-state index in [1.807, 2.05) is 24.3 Å². The minimum Gasteiger partial charge on any atom is -0.438 e. The van der Waals surface area contributed by atoms with Gasteiger partial charge in [0, 0.05) is 19.5 Å². The maximum absolute atomic E-state index is 13.3. The molecular weight excluding hydrogens is 347 g/mol. The number of aryl methyl sites for hydroxylation is 1. The monoisotopic (exact) mass is 363 g/mol. The third-order valence-corrected chi connectivity index (χ3v) is 3.77. The molecule has 1 aliphatic rings. The first-order valence-corrected chi connectivity index (χ1v) is 7.86. The van der Waals surface area contributed by atoms with Crippen molar-refractivity contribution in [2.45, 2.75) is 6.18 Å². The van der Waals surface area contributed by atoms with E-state index in [4.69, 9.17) is 4.74 Å². The molecule has 0 saturated heterocycles. The Morgan fingerprint density at radius 1 is 1.23 bits per heavy atom. The standard InChI is InChI=1S/C18H16F3N3O2/c1-24-17(26-13-9-3-2-4-10-13)14(15(23-24)18(19,20)21)16(25)22-11-12-7-5-6-8-12/h2-10,12H,11H2,1H3,(H,22,25). The molecule has 1 aromatic carbocycles. The van der Waals surface area contributed by atoms with E-state index in [0.29, 0.717) is 5.75 Å². The van der Waals surface area contributed by atoms with Crippen molar-refractivity contribution in [1.82, 2.24) is 15.1 Å². The Balaban J connectivity index is 1.92. The summed E-state index contributed by atoms with van der Waals surface area (Å²) < 4.78 is 46.5. The Labute approximate surface area is 147 Å². The molecule has 1 aliphatic carbocycles. The van der Waals surface area contributed by atoms with Gasteiger partial charge in [0.25, 0.3) is 5.91 Å². The summed E-state index contributed by atoms with van der Waals surface area (Å²) in [6.07, 6.45) is 2.53. The minimum atomic E-state index is -4.78. The van der Waals surface area contributed by atoms with Gasteiger partial charge in [0.2, 0.25) is 5.88 Å². The molecule has 0 radical (unpaired) electrons. The fraction of sp³-hybridized carbons (Fsp3) is 0.222. The van der Waals surface area contributed by atoms with Gasteiger partial charge in [-0.2, -0.15) is 18.3 Å². The number of halogens is 3. The zero-order chi connectivity index (χ0) is 18.7. The van der Waals surface area contributed by atoms with Gasteiger partial charge >= 0.3 is 6.18 Å². The van der Waals surface area contributed by atoms with Gasteiger partial charge in [-0.05, 0) is 12.1 Å². The van der Waals surface area contributed by atoms with E-state index >= 15 is 0 Å². The zero-order valence-corrected chi connectivity index (χ0v) is 13.8. The predicted molar refractivity (Wildman–Crippen MR) is 88.8 cm³/mol. The Morgan fingerprint density at radius 3 is 2.50 bits per heavy atom. The third kappa shape index (κ3) is 3.79. The Bertz CT molecular complexity index is 843. The van der Waals surface area contributed by atoms with Crippen molar-refractivity contribution in [3.8, 4) is 11.6 Å². The van der Waals surface area contributed by atoms with Crippen LogP contribution in [0.5, 0.6) is 11.6 Å². The van der Waals surface area contributed by atoms with Crippen LogP contribution in [-0.2, 0) is 13.2 Å². The molecule has 26 heavy (non-hydrogen) atoms. The fourth-order valence-electron chi connectivity index (χ4n) is 2.54. The van der Waals surface area contributed by atoms with Gasteiger partial charge in [-0.3, -0.25) is 4.79 Å². The summed E-state index contributed by atoms with van der Waals surface area (Å²) in [6.45, 7) is 0.183. The second-order valence-electron chi connectivity index (χ2n) is 5.71. The van der Waals surface area contributed by atoms with Crippen molar-refractivity contribution < 1.29 is 22.7 Å². The molecule has 0 saturated carbocycles. The van der Waals surface area contributed by atoms with E-state index in [1.54, 1.807) is 30.3 Å². The first-order chi connectivity index (χ1) is 12.4. The number of benzene rings is 1. The second kappa shape index (κ2) is 7.07.